The Labute approximate surface area is 120 Å². The summed E-state index contributed by atoms with van der Waals surface area (Å²) < 4.78 is 2.28. The third-order valence-electron chi connectivity index (χ3n) is 4.03. The third-order valence-corrected chi connectivity index (χ3v) is 4.03. The molecule has 0 bridgehead atoms. The van der Waals surface area contributed by atoms with Gasteiger partial charge in [0, 0.05) is 18.9 Å². The van der Waals surface area contributed by atoms with E-state index in [1.807, 2.05) is 0 Å². The molecule has 1 nitrogen and oxygen atoms in total. The second-order valence-corrected chi connectivity index (χ2v) is 6.05. The standard InChI is InChI=1S/C18H33N/c1-4-5-6-7-8-9-10-11-12-13-14-18-15-17(2)16-19(18)3/h15-16H,4-14H2,1-3H3. The van der Waals surface area contributed by atoms with Crippen molar-refractivity contribution in [2.75, 3.05) is 0 Å². The van der Waals surface area contributed by atoms with Gasteiger partial charge in [-0.25, -0.2) is 0 Å². The number of nitrogens with zero attached hydrogens (tertiary/aromatic N) is 1. The lowest BCUT2D eigenvalue weighted by atomic mass is 10.1. The van der Waals surface area contributed by atoms with Gasteiger partial charge in [0.2, 0.25) is 0 Å². The minimum absolute atomic E-state index is 1.25. The molecule has 110 valence electrons. The summed E-state index contributed by atoms with van der Waals surface area (Å²) in [5, 5.41) is 0. The van der Waals surface area contributed by atoms with Gasteiger partial charge in [0.15, 0.2) is 0 Å². The minimum atomic E-state index is 1.25. The molecule has 1 aromatic rings. The van der Waals surface area contributed by atoms with Crippen molar-refractivity contribution in [2.45, 2.75) is 84.5 Å². The van der Waals surface area contributed by atoms with Crippen molar-refractivity contribution >= 4 is 0 Å². The highest BCUT2D eigenvalue weighted by Gasteiger charge is 2.00. The molecule has 19 heavy (non-hydrogen) atoms. The highest BCUT2D eigenvalue weighted by molar-refractivity contribution is 5.16. The Kier molecular flexibility index (Phi) is 8.69. The molecule has 0 aliphatic rings. The number of unbranched alkanes of at least 4 members (excludes halogenated alkanes) is 9. The van der Waals surface area contributed by atoms with Crippen LogP contribution in [0.2, 0.25) is 0 Å². The zero-order chi connectivity index (χ0) is 13.9. The maximum atomic E-state index is 2.33. The zero-order valence-electron chi connectivity index (χ0n) is 13.4. The minimum Gasteiger partial charge on any atom is -0.354 e. The van der Waals surface area contributed by atoms with Crippen molar-refractivity contribution in [3.8, 4) is 0 Å². The van der Waals surface area contributed by atoms with E-state index in [-0.39, 0.29) is 0 Å². The van der Waals surface area contributed by atoms with Crippen LogP contribution in [0, 0.1) is 6.92 Å². The lowest BCUT2D eigenvalue weighted by molar-refractivity contribution is 0.554. The van der Waals surface area contributed by atoms with E-state index in [1.165, 1.54) is 81.9 Å². The summed E-state index contributed by atoms with van der Waals surface area (Å²) in [5.74, 6) is 0. The van der Waals surface area contributed by atoms with E-state index in [4.69, 9.17) is 0 Å². The van der Waals surface area contributed by atoms with Crippen LogP contribution in [0.15, 0.2) is 12.3 Å². The van der Waals surface area contributed by atoms with Gasteiger partial charge in [-0.2, -0.15) is 0 Å². The highest BCUT2D eigenvalue weighted by atomic mass is 14.9. The largest absolute Gasteiger partial charge is 0.354 e. The zero-order valence-corrected chi connectivity index (χ0v) is 13.4. The monoisotopic (exact) mass is 263 g/mol. The molecule has 1 aromatic heterocycles. The lowest BCUT2D eigenvalue weighted by Crippen LogP contribution is -1.94. The summed E-state index contributed by atoms with van der Waals surface area (Å²) >= 11 is 0. The summed E-state index contributed by atoms with van der Waals surface area (Å²) in [6, 6.07) is 2.33. The fraction of sp³-hybridized carbons (Fsp3) is 0.778. The van der Waals surface area contributed by atoms with Crippen molar-refractivity contribution < 1.29 is 0 Å². The molecule has 0 amide bonds. The molecule has 0 N–H and O–H groups in total. The van der Waals surface area contributed by atoms with Gasteiger partial charge in [0.25, 0.3) is 0 Å². The first-order chi connectivity index (χ1) is 9.24. The van der Waals surface area contributed by atoms with Crippen molar-refractivity contribution in [3.63, 3.8) is 0 Å². The first-order valence-electron chi connectivity index (χ1n) is 8.36. The molecule has 0 spiro atoms. The number of rotatable bonds is 11. The van der Waals surface area contributed by atoms with E-state index in [1.54, 1.807) is 0 Å². The average Bonchev–Trinajstić information content (AvgIpc) is 2.70. The van der Waals surface area contributed by atoms with E-state index in [9.17, 15) is 0 Å². The van der Waals surface area contributed by atoms with Gasteiger partial charge in [-0.1, -0.05) is 64.7 Å². The van der Waals surface area contributed by atoms with Crippen LogP contribution in [0.4, 0.5) is 0 Å². The van der Waals surface area contributed by atoms with Crippen LogP contribution in [0.1, 0.15) is 82.4 Å². The van der Waals surface area contributed by atoms with Gasteiger partial charge in [-0.05, 0) is 31.4 Å². The SMILES string of the molecule is CCCCCCCCCCCCc1cc(C)cn1C. The van der Waals surface area contributed by atoms with Crippen LogP contribution in [0.5, 0.6) is 0 Å². The van der Waals surface area contributed by atoms with E-state index in [0.717, 1.165) is 0 Å². The van der Waals surface area contributed by atoms with Crippen molar-refractivity contribution in [1.82, 2.24) is 4.57 Å². The molecule has 0 unspecified atom stereocenters. The van der Waals surface area contributed by atoms with Gasteiger partial charge in [0.1, 0.15) is 0 Å². The summed E-state index contributed by atoms with van der Waals surface area (Å²) in [6.07, 6.45) is 17.7. The van der Waals surface area contributed by atoms with E-state index in [2.05, 4.69) is 37.7 Å². The fourth-order valence-corrected chi connectivity index (χ4v) is 2.83. The second kappa shape index (κ2) is 10.1. The first-order valence-corrected chi connectivity index (χ1v) is 8.36. The normalized spacial score (nSPS) is 11.1. The topological polar surface area (TPSA) is 4.93 Å². The molecule has 0 aliphatic carbocycles. The Morgan fingerprint density at radius 2 is 1.37 bits per heavy atom. The molecule has 1 heterocycles. The Morgan fingerprint density at radius 1 is 0.842 bits per heavy atom. The molecule has 1 rings (SSSR count). The summed E-state index contributed by atoms with van der Waals surface area (Å²) in [4.78, 5) is 0. The van der Waals surface area contributed by atoms with E-state index in [0.29, 0.717) is 0 Å². The third kappa shape index (κ3) is 7.44. The number of hydrogen-bond acceptors (Lipinski definition) is 0. The first kappa shape index (κ1) is 16.3. The van der Waals surface area contributed by atoms with Crippen molar-refractivity contribution in [3.05, 3.63) is 23.5 Å². The van der Waals surface area contributed by atoms with Crippen molar-refractivity contribution in [1.29, 1.82) is 0 Å². The number of aromatic nitrogens is 1. The second-order valence-electron chi connectivity index (χ2n) is 6.05. The Morgan fingerprint density at radius 3 is 1.84 bits per heavy atom. The molecule has 0 radical (unpaired) electrons. The molecule has 0 saturated carbocycles. The molecular formula is C18H33N. The van der Waals surface area contributed by atoms with Gasteiger partial charge in [0.05, 0.1) is 0 Å². The summed E-state index contributed by atoms with van der Waals surface area (Å²) in [5.41, 5.74) is 2.89. The number of aryl methyl sites for hydroxylation is 3. The molecule has 1 heteroatoms. The molecule has 0 saturated heterocycles. The van der Waals surface area contributed by atoms with E-state index >= 15 is 0 Å². The van der Waals surface area contributed by atoms with Crippen LogP contribution in [0.3, 0.4) is 0 Å². The van der Waals surface area contributed by atoms with Gasteiger partial charge >= 0.3 is 0 Å². The van der Waals surface area contributed by atoms with Crippen LogP contribution in [-0.2, 0) is 13.5 Å². The van der Waals surface area contributed by atoms with Crippen LogP contribution < -0.4 is 0 Å². The molecular weight excluding hydrogens is 230 g/mol. The highest BCUT2D eigenvalue weighted by Crippen LogP contribution is 2.13. The predicted octanol–water partition coefficient (Wildman–Crippen LogP) is 5.80. The average molecular weight is 263 g/mol. The van der Waals surface area contributed by atoms with Crippen LogP contribution in [-0.4, -0.2) is 4.57 Å². The van der Waals surface area contributed by atoms with E-state index < -0.39 is 0 Å². The Bertz CT molecular complexity index is 324. The smallest absolute Gasteiger partial charge is 0.0174 e. The Balaban J connectivity index is 1.90. The van der Waals surface area contributed by atoms with Crippen LogP contribution in [0.25, 0.3) is 0 Å². The predicted molar refractivity (Wildman–Crippen MR) is 85.7 cm³/mol. The number of hydrogen-bond donors (Lipinski definition) is 0. The molecule has 0 aromatic carbocycles. The van der Waals surface area contributed by atoms with Gasteiger partial charge < -0.3 is 4.57 Å². The summed E-state index contributed by atoms with van der Waals surface area (Å²) in [6.45, 7) is 4.47. The van der Waals surface area contributed by atoms with Gasteiger partial charge in [-0.3, -0.25) is 0 Å². The van der Waals surface area contributed by atoms with Crippen molar-refractivity contribution in [2.24, 2.45) is 7.05 Å². The molecule has 0 atom stereocenters. The molecule has 0 fully saturated rings. The van der Waals surface area contributed by atoms with Gasteiger partial charge in [-0.15, -0.1) is 0 Å². The Hall–Kier alpha value is -0.720. The fourth-order valence-electron chi connectivity index (χ4n) is 2.83. The molecule has 0 aliphatic heterocycles. The quantitative estimate of drug-likeness (QED) is 0.445. The van der Waals surface area contributed by atoms with Crippen LogP contribution >= 0.6 is 0 Å². The summed E-state index contributed by atoms with van der Waals surface area (Å²) in [7, 11) is 2.17. The lowest BCUT2D eigenvalue weighted by Gasteiger charge is -2.04. The maximum Gasteiger partial charge on any atom is 0.0174 e. The maximum absolute atomic E-state index is 2.33.